The molecule has 1 amide bonds. The van der Waals surface area contributed by atoms with Crippen LogP contribution < -0.4 is 11.1 Å². The quantitative estimate of drug-likeness (QED) is 0.529. The van der Waals surface area contributed by atoms with E-state index < -0.39 is 0 Å². The van der Waals surface area contributed by atoms with Crippen molar-refractivity contribution in [2.24, 2.45) is 5.73 Å². The van der Waals surface area contributed by atoms with Crippen molar-refractivity contribution in [3.8, 4) is 0 Å². The Kier molecular flexibility index (Phi) is 8.73. The van der Waals surface area contributed by atoms with Crippen molar-refractivity contribution in [1.82, 2.24) is 10.2 Å². The van der Waals surface area contributed by atoms with Crippen molar-refractivity contribution < 1.29 is 14.3 Å². The van der Waals surface area contributed by atoms with Gasteiger partial charge < -0.3 is 20.5 Å². The summed E-state index contributed by atoms with van der Waals surface area (Å²) in [6, 6.07) is 0.465. The van der Waals surface area contributed by atoms with Gasteiger partial charge in [0.05, 0.1) is 19.8 Å². The van der Waals surface area contributed by atoms with Gasteiger partial charge in [0.15, 0.2) is 0 Å². The van der Waals surface area contributed by atoms with Gasteiger partial charge in [-0.3, -0.25) is 9.69 Å². The second kappa shape index (κ2) is 10.1. The fraction of sp³-hybridized carbons (Fsp3) is 0.923. The van der Waals surface area contributed by atoms with Gasteiger partial charge in [-0.05, 0) is 32.4 Å². The van der Waals surface area contributed by atoms with E-state index in [1.165, 1.54) is 0 Å². The lowest BCUT2D eigenvalue weighted by atomic mass is 10.0. The number of carbonyl (C=O) groups excluding carboxylic acids is 1. The molecule has 1 fully saturated rings. The molecule has 0 saturated carbocycles. The molecule has 3 N–H and O–H groups in total. The number of amides is 1. The van der Waals surface area contributed by atoms with Gasteiger partial charge in [-0.2, -0.15) is 0 Å². The number of nitrogens with zero attached hydrogens (tertiary/aromatic N) is 1. The molecule has 112 valence electrons. The molecular weight excluding hydrogens is 246 g/mol. The van der Waals surface area contributed by atoms with E-state index in [2.05, 4.69) is 10.2 Å². The number of hydrogen-bond donors (Lipinski definition) is 2. The highest BCUT2D eigenvalue weighted by molar-refractivity contribution is 5.75. The molecule has 6 heteroatoms. The highest BCUT2D eigenvalue weighted by atomic mass is 16.5. The first-order chi connectivity index (χ1) is 9.24. The second-order valence-electron chi connectivity index (χ2n) is 4.88. The van der Waals surface area contributed by atoms with Crippen LogP contribution in [0.4, 0.5) is 0 Å². The van der Waals surface area contributed by atoms with Gasteiger partial charge in [-0.1, -0.05) is 0 Å². The molecule has 0 bridgehead atoms. The summed E-state index contributed by atoms with van der Waals surface area (Å²) in [4.78, 5) is 13.3. The molecule has 6 nitrogen and oxygen atoms in total. The molecule has 1 aliphatic rings. The number of ether oxygens (including phenoxy) is 2. The van der Waals surface area contributed by atoms with Crippen molar-refractivity contribution in [1.29, 1.82) is 0 Å². The maximum Gasteiger partial charge on any atom is 0.231 e. The minimum absolute atomic E-state index is 0.251. The number of piperidine rings is 1. The van der Waals surface area contributed by atoms with Crippen LogP contribution in [0.3, 0.4) is 0 Å². The zero-order valence-electron chi connectivity index (χ0n) is 11.9. The summed E-state index contributed by atoms with van der Waals surface area (Å²) < 4.78 is 10.4. The summed E-state index contributed by atoms with van der Waals surface area (Å²) in [7, 11) is 1.66. The Morgan fingerprint density at radius 3 is 2.68 bits per heavy atom. The lowest BCUT2D eigenvalue weighted by molar-refractivity contribution is -0.119. The van der Waals surface area contributed by atoms with Crippen molar-refractivity contribution in [2.75, 3.05) is 53.1 Å². The van der Waals surface area contributed by atoms with Gasteiger partial charge in [0.25, 0.3) is 0 Å². The molecular formula is C13H27N3O3. The van der Waals surface area contributed by atoms with Gasteiger partial charge >= 0.3 is 0 Å². The first kappa shape index (κ1) is 16.4. The molecule has 0 aromatic heterocycles. The standard InChI is InChI=1S/C13H27N3O3/c1-18-9-10-19-8-2-7-16(11-13(14)17)12-3-5-15-6-4-12/h12,15H,2-11H2,1H3,(H2,14,17). The molecule has 0 aromatic carbocycles. The third kappa shape index (κ3) is 7.47. The number of carbonyl (C=O) groups is 1. The van der Waals surface area contributed by atoms with E-state index in [-0.39, 0.29) is 5.91 Å². The minimum Gasteiger partial charge on any atom is -0.382 e. The maximum atomic E-state index is 11.1. The number of nitrogens with two attached hydrogens (primary N) is 1. The van der Waals surface area contributed by atoms with E-state index in [1.807, 2.05) is 0 Å². The monoisotopic (exact) mass is 273 g/mol. The summed E-state index contributed by atoms with van der Waals surface area (Å²) in [5.74, 6) is -0.251. The van der Waals surface area contributed by atoms with Gasteiger partial charge in [-0.15, -0.1) is 0 Å². The third-order valence-corrected chi connectivity index (χ3v) is 3.35. The minimum atomic E-state index is -0.251. The molecule has 1 saturated heterocycles. The Bertz CT molecular complexity index is 245. The molecule has 0 spiro atoms. The van der Waals surface area contributed by atoms with E-state index in [1.54, 1.807) is 7.11 Å². The van der Waals surface area contributed by atoms with Crippen LogP contribution >= 0.6 is 0 Å². The molecule has 1 heterocycles. The fourth-order valence-corrected chi connectivity index (χ4v) is 2.38. The Hall–Kier alpha value is -0.690. The Labute approximate surface area is 115 Å². The fourth-order valence-electron chi connectivity index (χ4n) is 2.38. The van der Waals surface area contributed by atoms with Crippen LogP contribution in [0.5, 0.6) is 0 Å². The van der Waals surface area contributed by atoms with Crippen molar-refractivity contribution in [3.05, 3.63) is 0 Å². The molecule has 0 unspecified atom stereocenters. The molecule has 0 radical (unpaired) electrons. The van der Waals surface area contributed by atoms with E-state index in [0.29, 0.717) is 32.4 Å². The zero-order chi connectivity index (χ0) is 13.9. The average molecular weight is 273 g/mol. The molecule has 19 heavy (non-hydrogen) atoms. The first-order valence-electron chi connectivity index (χ1n) is 7.03. The average Bonchev–Trinajstić information content (AvgIpc) is 2.42. The van der Waals surface area contributed by atoms with E-state index in [9.17, 15) is 4.79 Å². The summed E-state index contributed by atoms with van der Waals surface area (Å²) >= 11 is 0. The first-order valence-corrected chi connectivity index (χ1v) is 7.03. The topological polar surface area (TPSA) is 76.8 Å². The highest BCUT2D eigenvalue weighted by Crippen LogP contribution is 2.11. The normalized spacial score (nSPS) is 16.9. The van der Waals surface area contributed by atoms with Gasteiger partial charge in [0.2, 0.25) is 5.91 Å². The molecule has 0 aromatic rings. The lowest BCUT2D eigenvalue weighted by Crippen LogP contribution is -2.47. The highest BCUT2D eigenvalue weighted by Gasteiger charge is 2.21. The maximum absolute atomic E-state index is 11.1. The Morgan fingerprint density at radius 1 is 1.32 bits per heavy atom. The van der Waals surface area contributed by atoms with Crippen LogP contribution in [0.1, 0.15) is 19.3 Å². The third-order valence-electron chi connectivity index (χ3n) is 3.35. The Morgan fingerprint density at radius 2 is 2.05 bits per heavy atom. The number of nitrogens with one attached hydrogen (secondary N) is 1. The molecule has 1 rings (SSSR count). The number of hydrogen-bond acceptors (Lipinski definition) is 5. The van der Waals surface area contributed by atoms with Crippen LogP contribution in [0, 0.1) is 0 Å². The summed E-state index contributed by atoms with van der Waals surface area (Å²) in [5.41, 5.74) is 5.33. The summed E-state index contributed by atoms with van der Waals surface area (Å²) in [6.45, 7) is 5.19. The second-order valence-corrected chi connectivity index (χ2v) is 4.88. The molecule has 0 atom stereocenters. The van der Waals surface area contributed by atoms with Crippen LogP contribution in [-0.4, -0.2) is 70.0 Å². The number of rotatable bonds is 10. The van der Waals surface area contributed by atoms with E-state index in [4.69, 9.17) is 15.2 Å². The SMILES string of the molecule is COCCOCCCN(CC(N)=O)C1CCNCC1. The van der Waals surface area contributed by atoms with Crippen LogP contribution in [0.25, 0.3) is 0 Å². The predicted octanol–water partition coefficient (Wildman–Crippen LogP) is -0.421. The summed E-state index contributed by atoms with van der Waals surface area (Å²) in [5, 5.41) is 3.33. The van der Waals surface area contributed by atoms with Crippen LogP contribution in [-0.2, 0) is 14.3 Å². The number of methoxy groups -OCH3 is 1. The molecule has 1 aliphatic heterocycles. The zero-order valence-corrected chi connectivity index (χ0v) is 11.9. The summed E-state index contributed by atoms with van der Waals surface area (Å²) in [6.07, 6.45) is 3.08. The van der Waals surface area contributed by atoms with E-state index in [0.717, 1.165) is 38.9 Å². The lowest BCUT2D eigenvalue weighted by Gasteiger charge is -2.33. The van der Waals surface area contributed by atoms with Crippen molar-refractivity contribution >= 4 is 5.91 Å². The van der Waals surface area contributed by atoms with Crippen LogP contribution in [0.2, 0.25) is 0 Å². The largest absolute Gasteiger partial charge is 0.382 e. The van der Waals surface area contributed by atoms with Crippen molar-refractivity contribution in [2.45, 2.75) is 25.3 Å². The number of primary amides is 1. The van der Waals surface area contributed by atoms with Crippen LogP contribution in [0.15, 0.2) is 0 Å². The smallest absolute Gasteiger partial charge is 0.231 e. The van der Waals surface area contributed by atoms with Gasteiger partial charge in [-0.25, -0.2) is 0 Å². The molecule has 0 aliphatic carbocycles. The van der Waals surface area contributed by atoms with E-state index >= 15 is 0 Å². The Balaban J connectivity index is 2.22. The van der Waals surface area contributed by atoms with Gasteiger partial charge in [0, 0.05) is 26.3 Å². The van der Waals surface area contributed by atoms with Gasteiger partial charge in [0.1, 0.15) is 0 Å². The van der Waals surface area contributed by atoms with Crippen molar-refractivity contribution in [3.63, 3.8) is 0 Å². The predicted molar refractivity (Wildman–Crippen MR) is 74.0 cm³/mol.